The third-order valence-corrected chi connectivity index (χ3v) is 18.3. The lowest BCUT2D eigenvalue weighted by atomic mass is 9.79. The van der Waals surface area contributed by atoms with Crippen LogP contribution in [-0.2, 0) is 78.5 Å². The second-order valence-corrected chi connectivity index (χ2v) is 28.0. The first-order valence-electron chi connectivity index (χ1n) is 24.7. The zero-order valence-electron chi connectivity index (χ0n) is 44.4. The van der Waals surface area contributed by atoms with Gasteiger partial charge in [-0.25, -0.2) is 13.6 Å². The highest BCUT2D eigenvalue weighted by Crippen LogP contribution is 2.52. The summed E-state index contributed by atoms with van der Waals surface area (Å²) in [7, 11) is -26.2. The summed E-state index contributed by atoms with van der Waals surface area (Å²) in [6.07, 6.45) is 10.0. The van der Waals surface area contributed by atoms with Crippen molar-refractivity contribution in [2.75, 3.05) is 23.7 Å². The fraction of sp³-hybridized carbons (Fsp3) is 0.264. The third kappa shape index (κ3) is 13.8. The summed E-state index contributed by atoms with van der Waals surface area (Å²) < 4.78 is 191. The molecule has 0 bridgehead atoms. The Labute approximate surface area is 475 Å². The molecule has 0 saturated carbocycles. The van der Waals surface area contributed by atoms with Gasteiger partial charge in [0.25, 0.3) is 46.4 Å². The Bertz CT molecular complexity index is 4440. The lowest BCUT2D eigenvalue weighted by molar-refractivity contribution is -0.438. The van der Waals surface area contributed by atoms with Gasteiger partial charge < -0.3 is 10.2 Å². The van der Waals surface area contributed by atoms with Crippen LogP contribution in [0.25, 0.3) is 27.1 Å². The summed E-state index contributed by atoms with van der Waals surface area (Å²) in [5.74, 6) is -1.15. The van der Waals surface area contributed by atoms with E-state index in [0.717, 1.165) is 41.3 Å². The van der Waals surface area contributed by atoms with E-state index >= 15 is 0 Å². The fourth-order valence-electron chi connectivity index (χ4n) is 10.3. The summed E-state index contributed by atoms with van der Waals surface area (Å²) in [5.41, 5.74) is 3.23. The first-order valence-corrected chi connectivity index (χ1v) is 33.1. The van der Waals surface area contributed by atoms with E-state index in [2.05, 4.69) is 9.89 Å². The highest BCUT2D eigenvalue weighted by Gasteiger charge is 2.46. The second kappa shape index (κ2) is 23.4. The molecule has 2 aliphatic rings. The maximum atomic E-state index is 13.5. The Kier molecular flexibility index (Phi) is 17.9. The van der Waals surface area contributed by atoms with Crippen LogP contribution >= 0.6 is 0 Å². The molecule has 0 aliphatic carbocycles. The number of carbonyl (C=O) groups is 1. The topological polar surface area (TPSA) is 377 Å². The number of pyridine rings is 1. The minimum atomic E-state index is -5.08. The lowest BCUT2D eigenvalue weighted by Crippen LogP contribution is -2.28. The maximum Gasteiger partial charge on any atom is 0.425 e. The summed E-state index contributed by atoms with van der Waals surface area (Å²) in [5, 5.41) is 9.33. The first kappa shape index (κ1) is 62.7. The predicted octanol–water partition coefficient (Wildman–Crippen LogP) is 6.48. The van der Waals surface area contributed by atoms with Crippen molar-refractivity contribution in [2.45, 2.75) is 90.8 Å². The second-order valence-electron chi connectivity index (χ2n) is 20.2. The fourth-order valence-corrected chi connectivity index (χ4v) is 13.1. The Morgan fingerprint density at radius 1 is 0.720 bits per heavy atom. The first-order chi connectivity index (χ1) is 37.9. The average molecular weight is 1240 g/mol. The van der Waals surface area contributed by atoms with E-state index in [9.17, 15) is 65.1 Å². The van der Waals surface area contributed by atoms with E-state index < -0.39 is 93.4 Å². The van der Waals surface area contributed by atoms with Gasteiger partial charge in [0, 0.05) is 71.2 Å². The highest BCUT2D eigenvalue weighted by molar-refractivity contribution is 7.89. The number of carbonyl (C=O) groups excluding carboxylic acids is 1. The van der Waals surface area contributed by atoms with Crippen molar-refractivity contribution in [3.8, 4) is 0 Å². The number of rotatable bonds is 18. The molecule has 0 atom stereocenters. The van der Waals surface area contributed by atoms with E-state index in [4.69, 9.17) is 22.7 Å². The summed E-state index contributed by atoms with van der Waals surface area (Å²) in [4.78, 5) is 18.0. The quantitative estimate of drug-likeness (QED) is 0.0305. The number of hydrogen-bond acceptors (Lipinski definition) is 16. The number of sulfonamides is 1. The number of unbranched alkanes of at least 4 members (excludes halogenated alkanes) is 1. The van der Waals surface area contributed by atoms with Crippen LogP contribution in [0.2, 0.25) is 0 Å². The molecular formula is C53H56N5O18S6+. The molecule has 29 heteroatoms. The molecule has 6 aromatic rings. The van der Waals surface area contributed by atoms with E-state index in [1.54, 1.807) is 49.1 Å². The highest BCUT2D eigenvalue weighted by atomic mass is 32.2. The molecule has 82 heavy (non-hydrogen) atoms. The Hall–Kier alpha value is -6.90. The van der Waals surface area contributed by atoms with Gasteiger partial charge in [-0.3, -0.25) is 28.0 Å². The molecular weight excluding hydrogens is 1190 g/mol. The van der Waals surface area contributed by atoms with Gasteiger partial charge in [0.1, 0.15) is 11.4 Å². The zero-order chi connectivity index (χ0) is 60.7. The van der Waals surface area contributed by atoms with E-state index in [1.165, 1.54) is 54.7 Å². The molecule has 0 fully saturated rings. The lowest BCUT2D eigenvalue weighted by Gasteiger charge is -2.27. The molecule has 0 radical (unpaired) electrons. The van der Waals surface area contributed by atoms with Crippen LogP contribution in [0.5, 0.6) is 0 Å². The standard InChI is InChI=1S/C53H55N5O15S5.O3S/c1-6-7-25-57-44-21-13-34-11-18-38(76(65,66)67)28-41(34)49(44)52(2,3)47(57)23-14-35(43-20-12-36(32-55-43)51(59)56-31-33-9-16-37(17-10-33)75(54,63)64)15-24-48-53(4,5)50-42-29-39(77(68,69)70)30-46(78(71,72)73)40(42)19-22-45(50)58(48)26-8-27-74(60,61)62;1-4(2)3/h9-24,28-30,32H,6-8,25-27,31H2,1-5H3,(H6-,54,56,59,60,61,62,63,64,65,66,67,68,69,70,71,72,73);/p+1. The van der Waals surface area contributed by atoms with Crippen LogP contribution in [0, 0.1) is 0 Å². The summed E-state index contributed by atoms with van der Waals surface area (Å²) in [6.45, 7) is 10.1. The average Bonchev–Trinajstić information content (AvgIpc) is 1.69. The van der Waals surface area contributed by atoms with Crippen LogP contribution in [0.1, 0.15) is 86.6 Å². The number of hydrogen-bond donors (Lipinski definition) is 6. The number of anilines is 1. The van der Waals surface area contributed by atoms with Crippen molar-refractivity contribution in [1.82, 2.24) is 10.3 Å². The van der Waals surface area contributed by atoms with Crippen LogP contribution < -0.4 is 15.4 Å². The number of allylic oxidation sites excluding steroid dienone is 6. The van der Waals surface area contributed by atoms with Gasteiger partial charge in [0.2, 0.25) is 15.7 Å². The van der Waals surface area contributed by atoms with Gasteiger partial charge in [0.15, 0.2) is 5.71 Å². The number of amides is 1. The molecule has 8 rings (SSSR count). The number of nitrogens with zero attached hydrogens (tertiary/aromatic N) is 3. The SMILES string of the molecule is CCCC[N+]1=C(/C=C/C(=C/C=C2/N(CCCS(=O)(=O)O)c3ccc4c(S(=O)(=O)O)cc(S(=O)(=O)O)cc4c3C2(C)C)c2ccc(C(=O)NCc3ccc(S(N)(=O)=O)cc3)cn2)C(C)(C)c2c1ccc1ccc(S(=O)(=O)O)cc21.O=S(=O)=O. The van der Waals surface area contributed by atoms with Crippen LogP contribution in [0.4, 0.5) is 11.4 Å². The maximum absolute atomic E-state index is 13.5. The van der Waals surface area contributed by atoms with Crippen molar-refractivity contribution in [3.05, 3.63) is 155 Å². The molecule has 5 aromatic carbocycles. The Morgan fingerprint density at radius 3 is 1.91 bits per heavy atom. The van der Waals surface area contributed by atoms with E-state index in [-0.39, 0.29) is 45.6 Å². The number of benzene rings is 5. The van der Waals surface area contributed by atoms with Gasteiger partial charge in [-0.05, 0) is 120 Å². The molecule has 2 aliphatic heterocycles. The summed E-state index contributed by atoms with van der Waals surface area (Å²) >= 11 is 0. The van der Waals surface area contributed by atoms with Gasteiger partial charge in [0.05, 0.1) is 37.1 Å². The molecule has 7 N–H and O–H groups in total. The molecule has 0 unspecified atom stereocenters. The van der Waals surface area contributed by atoms with Crippen molar-refractivity contribution in [1.29, 1.82) is 0 Å². The molecule has 3 heterocycles. The van der Waals surface area contributed by atoms with Gasteiger partial charge in [-0.1, -0.05) is 57.5 Å². The smallest absolute Gasteiger partial charge is 0.348 e. The van der Waals surface area contributed by atoms with Crippen molar-refractivity contribution in [2.24, 2.45) is 5.14 Å². The van der Waals surface area contributed by atoms with Crippen molar-refractivity contribution >= 4 is 111 Å². The van der Waals surface area contributed by atoms with Crippen LogP contribution in [0.3, 0.4) is 0 Å². The minimum absolute atomic E-state index is 0.0337. The monoisotopic (exact) mass is 1240 g/mol. The summed E-state index contributed by atoms with van der Waals surface area (Å²) in [6, 6.07) is 21.7. The number of nitrogens with one attached hydrogen (secondary N) is 1. The van der Waals surface area contributed by atoms with Gasteiger partial charge >= 0.3 is 10.6 Å². The van der Waals surface area contributed by atoms with Crippen molar-refractivity contribution in [3.63, 3.8) is 0 Å². The molecule has 1 aromatic heterocycles. The normalized spacial score (nSPS) is 15.9. The van der Waals surface area contributed by atoms with Crippen molar-refractivity contribution < 1.29 is 82.3 Å². The largest absolute Gasteiger partial charge is 0.425 e. The van der Waals surface area contributed by atoms with E-state index in [1.807, 2.05) is 45.1 Å². The zero-order valence-corrected chi connectivity index (χ0v) is 49.3. The Balaban J connectivity index is 0.00000234. The molecule has 436 valence electrons. The predicted molar refractivity (Wildman–Crippen MR) is 305 cm³/mol. The van der Waals surface area contributed by atoms with Crippen LogP contribution in [-0.4, -0.2) is 113 Å². The number of primary sulfonamides is 1. The third-order valence-electron chi connectivity index (χ3n) is 14.0. The minimum Gasteiger partial charge on any atom is -0.348 e. The molecule has 0 saturated heterocycles. The molecule has 1 amide bonds. The van der Waals surface area contributed by atoms with E-state index in [0.29, 0.717) is 51.8 Å². The van der Waals surface area contributed by atoms with Gasteiger partial charge in [-0.2, -0.15) is 38.2 Å². The van der Waals surface area contributed by atoms with Crippen LogP contribution in [0.15, 0.2) is 147 Å². The molecule has 0 spiro atoms. The number of aromatic nitrogens is 1. The Morgan fingerprint density at radius 2 is 1.34 bits per heavy atom. The van der Waals surface area contributed by atoms with Gasteiger partial charge in [-0.15, -0.1) is 12.6 Å². The number of fused-ring (bicyclic) bond motifs is 6. The number of nitrogens with two attached hydrogens (primary N) is 1. The molecule has 23 nitrogen and oxygen atoms in total.